The molecule has 28 heavy (non-hydrogen) atoms. The standard InChI is InChI=1S/C18H20N4O4S2/c23-14-10-12(11-22(14)13-4-2-1-3-5-13)16(24)19-17-20-21-18(28-17)27-9-6-15-25-7-8-26-15/h1-5,12,15H,6-11H2,(H,19,20,24)/t12-/m1/s1. The van der Waals surface area contributed by atoms with Crippen LogP contribution < -0.4 is 10.2 Å². The van der Waals surface area contributed by atoms with Crippen LogP contribution in [0.3, 0.4) is 0 Å². The number of nitrogens with one attached hydrogen (secondary N) is 1. The minimum Gasteiger partial charge on any atom is -0.350 e. The number of aromatic nitrogens is 2. The van der Waals surface area contributed by atoms with Gasteiger partial charge in [-0.3, -0.25) is 9.59 Å². The van der Waals surface area contributed by atoms with Crippen LogP contribution in [-0.4, -0.2) is 53.8 Å². The molecule has 1 aromatic carbocycles. The number of ether oxygens (including phenoxy) is 2. The number of hydrogen-bond donors (Lipinski definition) is 1. The lowest BCUT2D eigenvalue weighted by Gasteiger charge is -2.16. The second-order valence-electron chi connectivity index (χ2n) is 6.41. The fraction of sp³-hybridized carbons (Fsp3) is 0.444. The summed E-state index contributed by atoms with van der Waals surface area (Å²) in [5.41, 5.74) is 0.813. The van der Waals surface area contributed by atoms with E-state index in [1.54, 1.807) is 16.7 Å². The van der Waals surface area contributed by atoms with Crippen molar-refractivity contribution >= 4 is 45.7 Å². The van der Waals surface area contributed by atoms with E-state index < -0.39 is 5.92 Å². The molecule has 148 valence electrons. The van der Waals surface area contributed by atoms with Crippen molar-refractivity contribution in [1.82, 2.24) is 10.2 Å². The first-order valence-corrected chi connectivity index (χ1v) is 10.8. The van der Waals surface area contributed by atoms with Crippen molar-refractivity contribution in [3.05, 3.63) is 30.3 Å². The number of anilines is 2. The lowest BCUT2D eigenvalue weighted by molar-refractivity contribution is -0.122. The Bertz CT molecular complexity index is 826. The number of carbonyl (C=O) groups is 2. The number of hydrogen-bond acceptors (Lipinski definition) is 8. The molecule has 2 aromatic rings. The van der Waals surface area contributed by atoms with E-state index in [1.165, 1.54) is 11.3 Å². The third-order valence-corrected chi connectivity index (χ3v) is 6.48. The molecule has 1 atom stereocenters. The van der Waals surface area contributed by atoms with E-state index in [2.05, 4.69) is 15.5 Å². The normalized spacial score (nSPS) is 20.1. The minimum absolute atomic E-state index is 0.0452. The zero-order chi connectivity index (χ0) is 19.3. The third-order valence-electron chi connectivity index (χ3n) is 4.47. The zero-order valence-corrected chi connectivity index (χ0v) is 16.7. The van der Waals surface area contributed by atoms with Crippen molar-refractivity contribution in [3.63, 3.8) is 0 Å². The number of nitrogens with zero attached hydrogens (tertiary/aromatic N) is 3. The van der Waals surface area contributed by atoms with Gasteiger partial charge in [-0.2, -0.15) is 0 Å². The Kier molecular flexibility index (Phi) is 6.20. The van der Waals surface area contributed by atoms with Gasteiger partial charge in [0.05, 0.1) is 19.1 Å². The summed E-state index contributed by atoms with van der Waals surface area (Å²) in [6.07, 6.45) is 0.848. The van der Waals surface area contributed by atoms with Crippen LogP contribution in [0.1, 0.15) is 12.8 Å². The minimum atomic E-state index is -0.399. The highest BCUT2D eigenvalue weighted by Crippen LogP contribution is 2.29. The van der Waals surface area contributed by atoms with Crippen molar-refractivity contribution < 1.29 is 19.1 Å². The summed E-state index contributed by atoms with van der Waals surface area (Å²) >= 11 is 2.89. The van der Waals surface area contributed by atoms with Crippen molar-refractivity contribution in [2.24, 2.45) is 5.92 Å². The highest BCUT2D eigenvalue weighted by molar-refractivity contribution is 8.01. The molecule has 2 aliphatic rings. The van der Waals surface area contributed by atoms with Gasteiger partial charge in [-0.05, 0) is 12.1 Å². The molecule has 0 aliphatic carbocycles. The Balaban J connectivity index is 1.27. The Morgan fingerprint density at radius 1 is 1.25 bits per heavy atom. The number of para-hydroxylation sites is 1. The van der Waals surface area contributed by atoms with E-state index in [-0.39, 0.29) is 24.5 Å². The van der Waals surface area contributed by atoms with Crippen molar-refractivity contribution in [2.75, 3.05) is 35.7 Å². The number of benzene rings is 1. The summed E-state index contributed by atoms with van der Waals surface area (Å²) in [6.45, 7) is 1.67. The molecule has 2 amide bonds. The molecule has 1 N–H and O–H groups in total. The predicted molar refractivity (Wildman–Crippen MR) is 106 cm³/mol. The van der Waals surface area contributed by atoms with Crippen LogP contribution in [0.25, 0.3) is 0 Å². The molecule has 0 unspecified atom stereocenters. The zero-order valence-electron chi connectivity index (χ0n) is 15.1. The molecule has 0 saturated carbocycles. The van der Waals surface area contributed by atoms with Gasteiger partial charge < -0.3 is 19.7 Å². The predicted octanol–water partition coefficient (Wildman–Crippen LogP) is 2.38. The second-order valence-corrected chi connectivity index (χ2v) is 8.73. The Morgan fingerprint density at radius 2 is 2.04 bits per heavy atom. The van der Waals surface area contributed by atoms with Crippen LogP contribution in [0, 0.1) is 5.92 Å². The van der Waals surface area contributed by atoms with Gasteiger partial charge in [-0.1, -0.05) is 41.3 Å². The van der Waals surface area contributed by atoms with Gasteiger partial charge in [0.1, 0.15) is 0 Å². The Labute approximate surface area is 170 Å². The highest BCUT2D eigenvalue weighted by atomic mass is 32.2. The fourth-order valence-electron chi connectivity index (χ4n) is 3.08. The third kappa shape index (κ3) is 4.69. The lowest BCUT2D eigenvalue weighted by atomic mass is 10.1. The average molecular weight is 421 g/mol. The van der Waals surface area contributed by atoms with Gasteiger partial charge in [-0.15, -0.1) is 10.2 Å². The molecule has 0 bridgehead atoms. The molecule has 10 heteroatoms. The maximum absolute atomic E-state index is 12.5. The van der Waals surface area contributed by atoms with E-state index in [9.17, 15) is 9.59 Å². The monoisotopic (exact) mass is 420 g/mol. The Hall–Kier alpha value is -2.01. The summed E-state index contributed by atoms with van der Waals surface area (Å²) in [6, 6.07) is 9.39. The fourth-order valence-corrected chi connectivity index (χ4v) is 4.87. The number of rotatable bonds is 7. The molecule has 4 rings (SSSR count). The molecule has 0 radical (unpaired) electrons. The van der Waals surface area contributed by atoms with Crippen molar-refractivity contribution in [1.29, 1.82) is 0 Å². The van der Waals surface area contributed by atoms with Gasteiger partial charge in [0.15, 0.2) is 10.6 Å². The summed E-state index contributed by atoms with van der Waals surface area (Å²) in [7, 11) is 0. The maximum Gasteiger partial charge on any atom is 0.231 e. The van der Waals surface area contributed by atoms with Gasteiger partial charge in [0.2, 0.25) is 16.9 Å². The second kappa shape index (κ2) is 8.99. The average Bonchev–Trinajstić information content (AvgIpc) is 3.44. The molecule has 0 spiro atoms. The Morgan fingerprint density at radius 3 is 2.82 bits per heavy atom. The molecule has 2 aliphatic heterocycles. The number of carbonyl (C=O) groups excluding carboxylic acids is 2. The summed E-state index contributed by atoms with van der Waals surface area (Å²) in [4.78, 5) is 26.5. The number of amides is 2. The smallest absolute Gasteiger partial charge is 0.231 e. The van der Waals surface area contributed by atoms with Crippen LogP contribution >= 0.6 is 23.1 Å². The van der Waals surface area contributed by atoms with E-state index in [0.717, 1.165) is 22.2 Å². The van der Waals surface area contributed by atoms with Crippen molar-refractivity contribution in [3.8, 4) is 0 Å². The van der Waals surface area contributed by atoms with Gasteiger partial charge in [-0.25, -0.2) is 0 Å². The van der Waals surface area contributed by atoms with Crippen LogP contribution in [0.4, 0.5) is 10.8 Å². The molecular weight excluding hydrogens is 400 g/mol. The van der Waals surface area contributed by atoms with Crippen molar-refractivity contribution in [2.45, 2.75) is 23.5 Å². The summed E-state index contributed by atoms with van der Waals surface area (Å²) in [5, 5.41) is 11.4. The van der Waals surface area contributed by atoms with E-state index in [1.807, 2.05) is 30.3 Å². The summed E-state index contributed by atoms with van der Waals surface area (Å²) in [5.74, 6) is 0.156. The van der Waals surface area contributed by atoms with E-state index in [0.29, 0.717) is 24.9 Å². The summed E-state index contributed by atoms with van der Waals surface area (Å²) < 4.78 is 11.6. The molecule has 2 saturated heterocycles. The van der Waals surface area contributed by atoms with E-state index >= 15 is 0 Å². The first-order chi connectivity index (χ1) is 13.7. The highest BCUT2D eigenvalue weighted by Gasteiger charge is 2.35. The van der Waals surface area contributed by atoms with Gasteiger partial charge >= 0.3 is 0 Å². The first kappa shape index (κ1) is 19.3. The molecular formula is C18H20N4O4S2. The number of thioether (sulfide) groups is 1. The largest absolute Gasteiger partial charge is 0.350 e. The van der Waals surface area contributed by atoms with Crippen LogP contribution in [0.2, 0.25) is 0 Å². The molecule has 1 aromatic heterocycles. The molecule has 2 fully saturated rings. The van der Waals surface area contributed by atoms with Gasteiger partial charge in [0, 0.05) is 30.8 Å². The quantitative estimate of drug-likeness (QED) is 0.543. The molecule has 8 nitrogen and oxygen atoms in total. The van der Waals surface area contributed by atoms with Crippen LogP contribution in [0.15, 0.2) is 34.7 Å². The van der Waals surface area contributed by atoms with Gasteiger partial charge in [0.25, 0.3) is 0 Å². The topological polar surface area (TPSA) is 93.6 Å². The lowest BCUT2D eigenvalue weighted by Crippen LogP contribution is -2.28. The van der Waals surface area contributed by atoms with Crippen LogP contribution in [-0.2, 0) is 19.1 Å². The molecule has 3 heterocycles. The first-order valence-electron chi connectivity index (χ1n) is 9.05. The SMILES string of the molecule is O=C(Nc1nnc(SCCC2OCCO2)s1)[C@@H]1CC(=O)N(c2ccccc2)C1. The van der Waals surface area contributed by atoms with E-state index in [4.69, 9.17) is 9.47 Å². The van der Waals surface area contributed by atoms with Crippen LogP contribution in [0.5, 0.6) is 0 Å². The maximum atomic E-state index is 12.5.